The van der Waals surface area contributed by atoms with E-state index in [1.54, 1.807) is 11.3 Å². The zero-order valence-corrected chi connectivity index (χ0v) is 10.6. The Bertz CT molecular complexity index is 527. The number of para-hydroxylation sites is 1. The minimum Gasteiger partial charge on any atom is -0.456 e. The third kappa shape index (κ3) is 2.37. The first-order valence-electron chi connectivity index (χ1n) is 5.95. The van der Waals surface area contributed by atoms with Gasteiger partial charge in [0.2, 0.25) is 0 Å². The third-order valence-electron chi connectivity index (χ3n) is 2.87. The zero-order chi connectivity index (χ0) is 12.4. The van der Waals surface area contributed by atoms with Crippen molar-refractivity contribution in [2.45, 2.75) is 25.6 Å². The summed E-state index contributed by atoms with van der Waals surface area (Å²) in [6.07, 6.45) is 1.32. The molecular weight excluding hydrogens is 250 g/mol. The molecule has 0 spiro atoms. The van der Waals surface area contributed by atoms with Gasteiger partial charge < -0.3 is 9.47 Å². The number of rotatable bonds is 3. The topological polar surface area (TPSA) is 48.4 Å². The normalized spacial score (nSPS) is 19.2. The van der Waals surface area contributed by atoms with Crippen LogP contribution in [0.15, 0.2) is 24.3 Å². The molecule has 0 N–H and O–H groups in total. The molecule has 1 unspecified atom stereocenters. The van der Waals surface area contributed by atoms with E-state index in [4.69, 9.17) is 9.47 Å². The van der Waals surface area contributed by atoms with Gasteiger partial charge in [-0.25, -0.2) is 9.78 Å². The molecule has 18 heavy (non-hydrogen) atoms. The molecular formula is C13H13NO3S. The van der Waals surface area contributed by atoms with Gasteiger partial charge in [0, 0.05) is 6.61 Å². The molecule has 1 fully saturated rings. The number of aromatic nitrogens is 1. The minimum absolute atomic E-state index is 0.234. The largest absolute Gasteiger partial charge is 0.456 e. The first-order valence-corrected chi connectivity index (χ1v) is 6.77. The summed E-state index contributed by atoms with van der Waals surface area (Å²) in [5.74, 6) is -0.272. The molecule has 4 nitrogen and oxygen atoms in total. The molecule has 1 saturated heterocycles. The van der Waals surface area contributed by atoms with Gasteiger partial charge in [-0.2, -0.15) is 0 Å². The lowest BCUT2D eigenvalue weighted by Gasteiger charge is -2.07. The Morgan fingerprint density at radius 1 is 1.50 bits per heavy atom. The molecule has 0 saturated carbocycles. The van der Waals surface area contributed by atoms with Crippen molar-refractivity contribution >= 4 is 27.5 Å². The standard InChI is InChI=1S/C13H13NO3S/c15-13(10-5-3-7-16-10)17-8-12-14-9-4-1-2-6-11(9)18-12/h1-2,4,6,10H,3,5,7-8H2. The maximum atomic E-state index is 11.7. The molecule has 1 atom stereocenters. The highest BCUT2D eigenvalue weighted by Crippen LogP contribution is 2.22. The number of hydrogen-bond acceptors (Lipinski definition) is 5. The number of benzene rings is 1. The van der Waals surface area contributed by atoms with Gasteiger partial charge in [-0.05, 0) is 25.0 Å². The Morgan fingerprint density at radius 3 is 3.17 bits per heavy atom. The number of thiazole rings is 1. The molecule has 1 aliphatic rings. The summed E-state index contributed by atoms with van der Waals surface area (Å²) < 4.78 is 11.6. The van der Waals surface area contributed by atoms with Gasteiger partial charge in [0.15, 0.2) is 6.10 Å². The van der Waals surface area contributed by atoms with Gasteiger partial charge in [0.05, 0.1) is 10.2 Å². The van der Waals surface area contributed by atoms with Crippen LogP contribution in [0.4, 0.5) is 0 Å². The van der Waals surface area contributed by atoms with Crippen LogP contribution in [0.3, 0.4) is 0 Å². The van der Waals surface area contributed by atoms with E-state index in [1.165, 1.54) is 0 Å². The van der Waals surface area contributed by atoms with Crippen molar-refractivity contribution in [3.8, 4) is 0 Å². The van der Waals surface area contributed by atoms with Crippen LogP contribution in [0, 0.1) is 0 Å². The number of nitrogens with zero attached hydrogens (tertiary/aromatic N) is 1. The van der Waals surface area contributed by atoms with Crippen molar-refractivity contribution in [3.63, 3.8) is 0 Å². The number of ether oxygens (including phenoxy) is 2. The van der Waals surface area contributed by atoms with E-state index in [2.05, 4.69) is 4.98 Å². The van der Waals surface area contributed by atoms with E-state index in [-0.39, 0.29) is 18.7 Å². The third-order valence-corrected chi connectivity index (χ3v) is 3.88. The molecule has 2 aromatic rings. The molecule has 0 amide bonds. The number of esters is 1. The van der Waals surface area contributed by atoms with E-state index in [0.717, 1.165) is 28.1 Å². The average molecular weight is 263 g/mol. The number of carbonyl (C=O) groups excluding carboxylic acids is 1. The van der Waals surface area contributed by atoms with Crippen molar-refractivity contribution in [2.24, 2.45) is 0 Å². The smallest absolute Gasteiger partial charge is 0.335 e. The van der Waals surface area contributed by atoms with Crippen molar-refractivity contribution in [1.29, 1.82) is 0 Å². The lowest BCUT2D eigenvalue weighted by molar-refractivity contribution is -0.155. The fraction of sp³-hybridized carbons (Fsp3) is 0.385. The van der Waals surface area contributed by atoms with E-state index in [9.17, 15) is 4.79 Å². The summed E-state index contributed by atoms with van der Waals surface area (Å²) in [6, 6.07) is 7.89. The fourth-order valence-corrected chi connectivity index (χ4v) is 2.85. The Balaban J connectivity index is 1.63. The van der Waals surface area contributed by atoms with E-state index in [1.807, 2.05) is 24.3 Å². The Morgan fingerprint density at radius 2 is 2.39 bits per heavy atom. The quantitative estimate of drug-likeness (QED) is 0.798. The number of carbonyl (C=O) groups is 1. The maximum absolute atomic E-state index is 11.7. The van der Waals surface area contributed by atoms with Crippen LogP contribution in [0.25, 0.3) is 10.2 Å². The fourth-order valence-electron chi connectivity index (χ4n) is 1.97. The van der Waals surface area contributed by atoms with Gasteiger partial charge in [-0.1, -0.05) is 12.1 Å². The Hall–Kier alpha value is -1.46. The second-order valence-electron chi connectivity index (χ2n) is 4.18. The molecule has 1 aromatic carbocycles. The molecule has 0 radical (unpaired) electrons. The lowest BCUT2D eigenvalue weighted by Crippen LogP contribution is -2.21. The van der Waals surface area contributed by atoms with Crippen LogP contribution in [0.1, 0.15) is 17.8 Å². The van der Waals surface area contributed by atoms with Crippen molar-refractivity contribution < 1.29 is 14.3 Å². The van der Waals surface area contributed by atoms with Crippen molar-refractivity contribution in [1.82, 2.24) is 4.98 Å². The Kier molecular flexibility index (Phi) is 3.25. The Labute approximate surface area is 109 Å². The lowest BCUT2D eigenvalue weighted by atomic mass is 10.2. The second kappa shape index (κ2) is 5.04. The average Bonchev–Trinajstić information content (AvgIpc) is 3.04. The van der Waals surface area contributed by atoms with E-state index >= 15 is 0 Å². The first kappa shape index (κ1) is 11.6. The van der Waals surface area contributed by atoms with Gasteiger partial charge in [0.1, 0.15) is 11.6 Å². The van der Waals surface area contributed by atoms with Crippen molar-refractivity contribution in [2.75, 3.05) is 6.61 Å². The predicted molar refractivity (Wildman–Crippen MR) is 68.4 cm³/mol. The molecule has 5 heteroatoms. The summed E-state index contributed by atoms with van der Waals surface area (Å²) in [4.78, 5) is 16.1. The van der Waals surface area contributed by atoms with Crippen LogP contribution in [-0.2, 0) is 20.9 Å². The highest BCUT2D eigenvalue weighted by molar-refractivity contribution is 7.18. The summed E-state index contributed by atoms with van der Waals surface area (Å²) >= 11 is 1.55. The molecule has 1 aliphatic heterocycles. The van der Waals surface area contributed by atoms with Crippen molar-refractivity contribution in [3.05, 3.63) is 29.3 Å². The molecule has 3 rings (SSSR count). The van der Waals surface area contributed by atoms with Crippen LogP contribution in [-0.4, -0.2) is 23.7 Å². The van der Waals surface area contributed by atoms with Crippen LogP contribution in [0.2, 0.25) is 0 Å². The van der Waals surface area contributed by atoms with Gasteiger partial charge in [0.25, 0.3) is 0 Å². The molecule has 0 aliphatic carbocycles. The SMILES string of the molecule is O=C(OCc1nc2ccccc2s1)C1CCCO1. The molecule has 0 bridgehead atoms. The molecule has 94 valence electrons. The zero-order valence-electron chi connectivity index (χ0n) is 9.80. The highest BCUT2D eigenvalue weighted by Gasteiger charge is 2.25. The van der Waals surface area contributed by atoms with E-state index < -0.39 is 0 Å². The summed E-state index contributed by atoms with van der Waals surface area (Å²) in [5, 5.41) is 0.822. The first-order chi connectivity index (χ1) is 8.83. The number of hydrogen-bond donors (Lipinski definition) is 0. The summed E-state index contributed by atoms with van der Waals surface area (Å²) in [7, 11) is 0. The number of fused-ring (bicyclic) bond motifs is 1. The minimum atomic E-state index is -0.376. The highest BCUT2D eigenvalue weighted by atomic mass is 32.1. The van der Waals surface area contributed by atoms with Gasteiger partial charge in [-0.15, -0.1) is 11.3 Å². The van der Waals surface area contributed by atoms with Crippen LogP contribution >= 0.6 is 11.3 Å². The molecule has 2 heterocycles. The summed E-state index contributed by atoms with van der Waals surface area (Å²) in [5.41, 5.74) is 0.950. The second-order valence-corrected chi connectivity index (χ2v) is 5.30. The predicted octanol–water partition coefficient (Wildman–Crippen LogP) is 2.52. The van der Waals surface area contributed by atoms with Crippen LogP contribution < -0.4 is 0 Å². The van der Waals surface area contributed by atoms with Gasteiger partial charge >= 0.3 is 5.97 Å². The van der Waals surface area contributed by atoms with Gasteiger partial charge in [-0.3, -0.25) is 0 Å². The molecule has 1 aromatic heterocycles. The summed E-state index contributed by atoms with van der Waals surface area (Å²) in [6.45, 7) is 0.888. The maximum Gasteiger partial charge on any atom is 0.335 e. The monoisotopic (exact) mass is 263 g/mol. The van der Waals surface area contributed by atoms with E-state index in [0.29, 0.717) is 6.61 Å². The van der Waals surface area contributed by atoms with Crippen LogP contribution in [0.5, 0.6) is 0 Å².